The molecule has 0 aliphatic carbocycles. The van der Waals surface area contributed by atoms with Gasteiger partial charge in [0.15, 0.2) is 0 Å². The molecular formula is C17H19FN4O2. The Balaban J connectivity index is 1.57. The van der Waals surface area contributed by atoms with Crippen LogP contribution in [-0.4, -0.2) is 36.6 Å². The van der Waals surface area contributed by atoms with Crippen molar-refractivity contribution in [1.82, 2.24) is 20.9 Å². The first-order valence-electron chi connectivity index (χ1n) is 7.59. The summed E-state index contributed by atoms with van der Waals surface area (Å²) in [4.78, 5) is 27.4. The third-order valence-corrected chi connectivity index (χ3v) is 3.22. The van der Waals surface area contributed by atoms with Crippen LogP contribution in [0.15, 0.2) is 48.8 Å². The van der Waals surface area contributed by atoms with Crippen LogP contribution in [0.3, 0.4) is 0 Å². The fraction of sp³-hybridized carbons (Fsp3) is 0.235. The van der Waals surface area contributed by atoms with Crippen molar-refractivity contribution in [2.24, 2.45) is 0 Å². The number of carbonyl (C=O) groups excluding carboxylic acids is 2. The lowest BCUT2D eigenvalue weighted by Gasteiger charge is -2.08. The van der Waals surface area contributed by atoms with Crippen LogP contribution in [0.4, 0.5) is 9.18 Å². The van der Waals surface area contributed by atoms with Crippen LogP contribution in [0, 0.1) is 5.82 Å². The summed E-state index contributed by atoms with van der Waals surface area (Å²) in [5.41, 5.74) is 1.42. The number of amides is 3. The molecule has 0 saturated carbocycles. The molecule has 0 aliphatic heterocycles. The van der Waals surface area contributed by atoms with Crippen molar-refractivity contribution in [3.05, 3.63) is 65.7 Å². The maximum Gasteiger partial charge on any atom is 0.314 e. The molecule has 0 radical (unpaired) electrons. The van der Waals surface area contributed by atoms with E-state index in [1.165, 1.54) is 24.3 Å². The maximum atomic E-state index is 12.8. The quantitative estimate of drug-likeness (QED) is 0.673. The number of benzene rings is 1. The van der Waals surface area contributed by atoms with Crippen molar-refractivity contribution in [3.63, 3.8) is 0 Å². The van der Waals surface area contributed by atoms with Crippen molar-refractivity contribution in [1.29, 1.82) is 0 Å². The molecule has 3 N–H and O–H groups in total. The summed E-state index contributed by atoms with van der Waals surface area (Å²) in [6.45, 7) is 1.08. The molecule has 1 heterocycles. The molecule has 0 bridgehead atoms. The lowest BCUT2D eigenvalue weighted by atomic mass is 10.2. The highest BCUT2D eigenvalue weighted by Gasteiger charge is 2.05. The fourth-order valence-corrected chi connectivity index (χ4v) is 1.98. The third-order valence-electron chi connectivity index (χ3n) is 3.22. The van der Waals surface area contributed by atoms with Crippen LogP contribution >= 0.6 is 0 Å². The van der Waals surface area contributed by atoms with Crippen molar-refractivity contribution in [2.45, 2.75) is 6.42 Å². The number of carbonyl (C=O) groups is 2. The molecule has 126 valence electrons. The second-order valence-electron chi connectivity index (χ2n) is 5.06. The second kappa shape index (κ2) is 9.24. The van der Waals surface area contributed by atoms with Crippen molar-refractivity contribution in [3.8, 4) is 0 Å². The number of aromatic nitrogens is 1. The van der Waals surface area contributed by atoms with E-state index in [0.717, 1.165) is 5.56 Å². The largest absolute Gasteiger partial charge is 0.350 e. The third kappa shape index (κ3) is 6.04. The van der Waals surface area contributed by atoms with Gasteiger partial charge in [0.25, 0.3) is 5.91 Å². The van der Waals surface area contributed by atoms with E-state index >= 15 is 0 Å². The molecule has 2 aromatic rings. The average Bonchev–Trinajstić information content (AvgIpc) is 2.60. The molecule has 0 aliphatic rings. The fourth-order valence-electron chi connectivity index (χ4n) is 1.98. The van der Waals surface area contributed by atoms with Gasteiger partial charge in [-0.1, -0.05) is 6.07 Å². The first-order chi connectivity index (χ1) is 11.6. The number of nitrogens with one attached hydrogen (secondary N) is 3. The van der Waals surface area contributed by atoms with Gasteiger partial charge in [-0.05, 0) is 42.3 Å². The zero-order valence-electron chi connectivity index (χ0n) is 13.1. The number of hydrogen-bond donors (Lipinski definition) is 3. The summed E-state index contributed by atoms with van der Waals surface area (Å²) in [7, 11) is 0. The Hall–Kier alpha value is -2.96. The van der Waals surface area contributed by atoms with Crippen LogP contribution in [0.1, 0.15) is 15.9 Å². The zero-order chi connectivity index (χ0) is 17.2. The predicted octanol–water partition coefficient (Wildman–Crippen LogP) is 1.49. The predicted molar refractivity (Wildman–Crippen MR) is 88.1 cm³/mol. The molecule has 6 nitrogen and oxygen atoms in total. The Bertz CT molecular complexity index is 662. The molecule has 1 aromatic heterocycles. The molecule has 7 heteroatoms. The highest BCUT2D eigenvalue weighted by molar-refractivity contribution is 5.94. The minimum absolute atomic E-state index is 0.284. The molecule has 0 atom stereocenters. The van der Waals surface area contributed by atoms with Gasteiger partial charge in [0, 0.05) is 37.6 Å². The van der Waals surface area contributed by atoms with Crippen molar-refractivity contribution in [2.75, 3.05) is 19.6 Å². The van der Waals surface area contributed by atoms with E-state index in [1.54, 1.807) is 12.4 Å². The topological polar surface area (TPSA) is 83.1 Å². The van der Waals surface area contributed by atoms with Gasteiger partial charge >= 0.3 is 6.03 Å². The zero-order valence-corrected chi connectivity index (χ0v) is 13.1. The Labute approximate surface area is 139 Å². The minimum atomic E-state index is -0.392. The Kier molecular flexibility index (Phi) is 6.70. The number of pyridine rings is 1. The molecule has 0 fully saturated rings. The lowest BCUT2D eigenvalue weighted by Crippen LogP contribution is -2.40. The van der Waals surface area contributed by atoms with Gasteiger partial charge < -0.3 is 16.0 Å². The van der Waals surface area contributed by atoms with Crippen LogP contribution in [0.2, 0.25) is 0 Å². The van der Waals surface area contributed by atoms with Gasteiger partial charge in [-0.3, -0.25) is 9.78 Å². The summed E-state index contributed by atoms with van der Waals surface area (Å²) < 4.78 is 12.8. The highest BCUT2D eigenvalue weighted by atomic mass is 19.1. The SMILES string of the molecule is O=C(NCCNC(=O)c1ccc(F)cc1)NCCc1cccnc1. The summed E-state index contributed by atoms with van der Waals surface area (Å²) in [5, 5.41) is 8.01. The number of rotatable bonds is 7. The number of urea groups is 1. The molecule has 0 unspecified atom stereocenters. The summed E-state index contributed by atoms with van der Waals surface area (Å²) in [6, 6.07) is 8.75. The van der Waals surface area contributed by atoms with Gasteiger partial charge in [-0.15, -0.1) is 0 Å². The minimum Gasteiger partial charge on any atom is -0.350 e. The number of nitrogens with zero attached hydrogens (tertiary/aromatic N) is 1. The van der Waals surface area contributed by atoms with Crippen LogP contribution in [-0.2, 0) is 6.42 Å². The summed E-state index contributed by atoms with van der Waals surface area (Å²) >= 11 is 0. The van der Waals surface area contributed by atoms with E-state index in [4.69, 9.17) is 0 Å². The van der Waals surface area contributed by atoms with Crippen LogP contribution < -0.4 is 16.0 Å². The average molecular weight is 330 g/mol. The molecular weight excluding hydrogens is 311 g/mol. The highest BCUT2D eigenvalue weighted by Crippen LogP contribution is 2.02. The standard InChI is InChI=1S/C17H19FN4O2/c18-15-5-3-14(4-6-15)16(23)20-10-11-22-17(24)21-9-7-13-2-1-8-19-12-13/h1-6,8,12H,7,9-11H2,(H,20,23)(H2,21,22,24). The summed E-state index contributed by atoms with van der Waals surface area (Å²) in [6.07, 6.45) is 4.15. The van der Waals surface area contributed by atoms with Gasteiger partial charge in [0.1, 0.15) is 5.82 Å². The Morgan fingerprint density at radius 2 is 1.67 bits per heavy atom. The molecule has 0 saturated heterocycles. The monoisotopic (exact) mass is 330 g/mol. The normalized spacial score (nSPS) is 10.0. The summed E-state index contributed by atoms with van der Waals surface area (Å²) in [5.74, 6) is -0.704. The van der Waals surface area contributed by atoms with E-state index in [-0.39, 0.29) is 18.5 Å². The van der Waals surface area contributed by atoms with Crippen molar-refractivity contribution >= 4 is 11.9 Å². The molecule has 2 rings (SSSR count). The Morgan fingerprint density at radius 3 is 2.38 bits per heavy atom. The smallest absolute Gasteiger partial charge is 0.314 e. The number of hydrogen-bond acceptors (Lipinski definition) is 3. The van der Waals surface area contributed by atoms with E-state index in [2.05, 4.69) is 20.9 Å². The Morgan fingerprint density at radius 1 is 0.958 bits per heavy atom. The lowest BCUT2D eigenvalue weighted by molar-refractivity contribution is 0.0954. The van der Waals surface area contributed by atoms with Crippen LogP contribution in [0.5, 0.6) is 0 Å². The first-order valence-corrected chi connectivity index (χ1v) is 7.59. The van der Waals surface area contributed by atoms with Gasteiger partial charge in [-0.2, -0.15) is 0 Å². The first kappa shape index (κ1) is 17.4. The molecule has 1 aromatic carbocycles. The maximum absolute atomic E-state index is 12.8. The van der Waals surface area contributed by atoms with E-state index in [0.29, 0.717) is 25.1 Å². The van der Waals surface area contributed by atoms with E-state index in [1.807, 2.05) is 12.1 Å². The molecule has 3 amide bonds. The van der Waals surface area contributed by atoms with Crippen LogP contribution in [0.25, 0.3) is 0 Å². The van der Waals surface area contributed by atoms with E-state index in [9.17, 15) is 14.0 Å². The molecule has 24 heavy (non-hydrogen) atoms. The van der Waals surface area contributed by atoms with Gasteiger partial charge in [0.05, 0.1) is 0 Å². The van der Waals surface area contributed by atoms with E-state index < -0.39 is 5.82 Å². The number of halogens is 1. The second-order valence-corrected chi connectivity index (χ2v) is 5.06. The van der Waals surface area contributed by atoms with Crippen molar-refractivity contribution < 1.29 is 14.0 Å². The van der Waals surface area contributed by atoms with Gasteiger partial charge in [0.2, 0.25) is 0 Å². The molecule has 0 spiro atoms. The van der Waals surface area contributed by atoms with Gasteiger partial charge in [-0.25, -0.2) is 9.18 Å².